The van der Waals surface area contributed by atoms with Crippen molar-refractivity contribution in [1.29, 1.82) is 0 Å². The van der Waals surface area contributed by atoms with Gasteiger partial charge in [0, 0.05) is 13.1 Å². The Bertz CT molecular complexity index is 378. The van der Waals surface area contributed by atoms with Crippen molar-refractivity contribution in [2.45, 2.75) is 31.2 Å². The van der Waals surface area contributed by atoms with Crippen molar-refractivity contribution in [3.63, 3.8) is 0 Å². The molecule has 0 aromatic rings. The summed E-state index contributed by atoms with van der Waals surface area (Å²) in [7, 11) is 0. The first-order valence-electron chi connectivity index (χ1n) is 5.18. The molecule has 1 aliphatic rings. The second-order valence-electron chi connectivity index (χ2n) is 3.96. The summed E-state index contributed by atoms with van der Waals surface area (Å²) in [6, 6.07) is -1.07. The third-order valence-corrected chi connectivity index (χ3v) is 2.77. The monoisotopic (exact) mass is 310 g/mol. The molecule has 1 heterocycles. The minimum Gasteiger partial charge on any atom is -0.333 e. The number of carbonyl (C=O) groups is 1. The summed E-state index contributed by atoms with van der Waals surface area (Å²) >= 11 is 4.91. The van der Waals surface area contributed by atoms with Gasteiger partial charge in [-0.3, -0.25) is 9.79 Å². The summed E-state index contributed by atoms with van der Waals surface area (Å²) in [6.07, 6.45) is -9.59. The highest BCUT2D eigenvalue weighted by Gasteiger charge is 2.44. The minimum absolute atomic E-state index is 0.137. The zero-order valence-corrected chi connectivity index (χ0v) is 10.1. The van der Waals surface area contributed by atoms with E-state index in [-0.39, 0.29) is 19.4 Å². The predicted octanol–water partition coefficient (Wildman–Crippen LogP) is 2.74. The molecule has 1 amide bonds. The fraction of sp³-hybridized carbons (Fsp3) is 0.778. The summed E-state index contributed by atoms with van der Waals surface area (Å²) in [5.41, 5.74) is 0. The molecule has 10 heteroatoms. The van der Waals surface area contributed by atoms with Gasteiger partial charge in [-0.15, -0.1) is 0 Å². The summed E-state index contributed by atoms with van der Waals surface area (Å²) in [5, 5.41) is -1.63. The molecule has 1 saturated heterocycles. The number of hydrogen-bond donors (Lipinski definition) is 0. The van der Waals surface area contributed by atoms with Crippen LogP contribution in [0.3, 0.4) is 0 Å². The molecule has 0 N–H and O–H groups in total. The highest BCUT2D eigenvalue weighted by molar-refractivity contribution is 6.66. The van der Waals surface area contributed by atoms with Gasteiger partial charge in [-0.1, -0.05) is 11.6 Å². The Morgan fingerprint density at radius 2 is 1.74 bits per heavy atom. The van der Waals surface area contributed by atoms with Gasteiger partial charge >= 0.3 is 18.3 Å². The number of amides is 1. The van der Waals surface area contributed by atoms with Crippen molar-refractivity contribution >= 4 is 22.7 Å². The van der Waals surface area contributed by atoms with Gasteiger partial charge in [-0.2, -0.15) is 26.3 Å². The van der Waals surface area contributed by atoms with Gasteiger partial charge in [-0.05, 0) is 12.8 Å². The number of halogens is 7. The summed E-state index contributed by atoms with van der Waals surface area (Å²) in [5.74, 6) is -2.07. The molecular formula is C9H9ClF6N2O. The highest BCUT2D eigenvalue weighted by atomic mass is 35.5. The van der Waals surface area contributed by atoms with E-state index in [9.17, 15) is 31.1 Å². The van der Waals surface area contributed by atoms with Gasteiger partial charge < -0.3 is 4.90 Å². The van der Waals surface area contributed by atoms with Crippen LogP contribution in [0, 0.1) is 0 Å². The lowest BCUT2D eigenvalue weighted by atomic mass is 10.1. The van der Waals surface area contributed by atoms with Gasteiger partial charge in [0.2, 0.25) is 5.17 Å². The van der Waals surface area contributed by atoms with Crippen molar-refractivity contribution in [3.8, 4) is 0 Å². The molecule has 110 valence electrons. The Morgan fingerprint density at radius 1 is 1.16 bits per heavy atom. The number of piperidine rings is 1. The summed E-state index contributed by atoms with van der Waals surface area (Å²) in [6.45, 7) is -0.682. The van der Waals surface area contributed by atoms with Crippen molar-refractivity contribution in [2.75, 3.05) is 13.1 Å². The predicted molar refractivity (Wildman–Crippen MR) is 55.0 cm³/mol. The van der Waals surface area contributed by atoms with Gasteiger partial charge in [0.25, 0.3) is 0 Å². The molecule has 1 atom stereocenters. The third kappa shape index (κ3) is 4.55. The number of rotatable bonds is 1. The lowest BCUT2D eigenvalue weighted by molar-refractivity contribution is -0.186. The number of aliphatic imine (C=N–C) groups is 1. The quantitative estimate of drug-likeness (QED) is 0.541. The van der Waals surface area contributed by atoms with Crippen LogP contribution in [0.5, 0.6) is 0 Å². The smallest absolute Gasteiger partial charge is 0.333 e. The molecule has 1 unspecified atom stereocenters. The molecule has 0 aliphatic carbocycles. The minimum atomic E-state index is -5.04. The van der Waals surface area contributed by atoms with Crippen LogP contribution in [0.2, 0.25) is 0 Å². The van der Waals surface area contributed by atoms with Crippen molar-refractivity contribution in [2.24, 2.45) is 4.99 Å². The SMILES string of the molecule is O=C(N1CCCC(N=C(Cl)C(F)(F)F)C1)C(F)(F)F. The zero-order valence-electron chi connectivity index (χ0n) is 9.35. The fourth-order valence-corrected chi connectivity index (χ4v) is 1.80. The van der Waals surface area contributed by atoms with Gasteiger partial charge in [0.05, 0.1) is 6.04 Å². The Hall–Kier alpha value is -0.990. The van der Waals surface area contributed by atoms with Crippen LogP contribution in [0.15, 0.2) is 4.99 Å². The summed E-state index contributed by atoms with van der Waals surface area (Å²) in [4.78, 5) is 14.5. The fourth-order valence-electron chi connectivity index (χ4n) is 1.66. The normalized spacial score (nSPS) is 22.6. The Kier molecular flexibility index (Phi) is 4.70. The van der Waals surface area contributed by atoms with Gasteiger partial charge in [0.15, 0.2) is 0 Å². The Balaban J connectivity index is 2.73. The molecule has 1 fully saturated rings. The Morgan fingerprint density at radius 3 is 2.21 bits per heavy atom. The van der Waals surface area contributed by atoms with Crippen molar-refractivity contribution < 1.29 is 31.1 Å². The molecule has 0 bridgehead atoms. The molecule has 0 radical (unpaired) electrons. The molecular weight excluding hydrogens is 302 g/mol. The third-order valence-electron chi connectivity index (χ3n) is 2.46. The maximum Gasteiger partial charge on any atom is 0.471 e. The lowest BCUT2D eigenvalue weighted by Crippen LogP contribution is -2.47. The molecule has 19 heavy (non-hydrogen) atoms. The molecule has 0 aromatic heterocycles. The second-order valence-corrected chi connectivity index (χ2v) is 4.32. The largest absolute Gasteiger partial charge is 0.471 e. The zero-order chi connectivity index (χ0) is 14.8. The number of alkyl halides is 6. The first-order chi connectivity index (χ1) is 8.51. The first kappa shape index (κ1) is 16.1. The van der Waals surface area contributed by atoms with Crippen LogP contribution in [-0.4, -0.2) is 47.5 Å². The van der Waals surface area contributed by atoms with Crippen LogP contribution >= 0.6 is 11.6 Å². The summed E-state index contributed by atoms with van der Waals surface area (Å²) < 4.78 is 72.9. The number of carbonyl (C=O) groups excluding carboxylic acids is 1. The van der Waals surface area contributed by atoms with E-state index in [0.29, 0.717) is 4.90 Å². The number of nitrogens with zero attached hydrogens (tertiary/aromatic N) is 2. The van der Waals surface area contributed by atoms with Crippen molar-refractivity contribution in [1.82, 2.24) is 4.90 Å². The van der Waals surface area contributed by atoms with Crippen LogP contribution < -0.4 is 0 Å². The van der Waals surface area contributed by atoms with E-state index in [2.05, 4.69) is 4.99 Å². The number of likely N-dealkylation sites (tertiary alicyclic amines) is 1. The molecule has 0 saturated carbocycles. The van der Waals surface area contributed by atoms with E-state index in [1.165, 1.54) is 0 Å². The highest BCUT2D eigenvalue weighted by Crippen LogP contribution is 2.25. The van der Waals surface area contributed by atoms with Crippen LogP contribution in [-0.2, 0) is 4.79 Å². The van der Waals surface area contributed by atoms with E-state index in [1.54, 1.807) is 0 Å². The lowest BCUT2D eigenvalue weighted by Gasteiger charge is -2.31. The van der Waals surface area contributed by atoms with Crippen LogP contribution in [0.1, 0.15) is 12.8 Å². The van der Waals surface area contributed by atoms with E-state index < -0.39 is 36.0 Å². The molecule has 0 aromatic carbocycles. The molecule has 1 rings (SSSR count). The van der Waals surface area contributed by atoms with Crippen molar-refractivity contribution in [3.05, 3.63) is 0 Å². The standard InChI is InChI=1S/C9H9ClF6N2O/c10-6(8(11,12)13)17-5-2-1-3-18(4-5)7(19)9(14,15)16/h5H,1-4H2. The molecule has 3 nitrogen and oxygen atoms in total. The van der Waals surface area contributed by atoms with E-state index in [4.69, 9.17) is 11.6 Å². The van der Waals surface area contributed by atoms with Crippen LogP contribution in [0.25, 0.3) is 0 Å². The van der Waals surface area contributed by atoms with E-state index >= 15 is 0 Å². The topological polar surface area (TPSA) is 32.7 Å². The Labute approximate surface area is 109 Å². The number of hydrogen-bond acceptors (Lipinski definition) is 2. The van der Waals surface area contributed by atoms with Crippen LogP contribution in [0.4, 0.5) is 26.3 Å². The second kappa shape index (κ2) is 5.56. The maximum atomic E-state index is 12.2. The van der Waals surface area contributed by atoms with E-state index in [0.717, 1.165) is 0 Å². The first-order valence-corrected chi connectivity index (χ1v) is 5.56. The average Bonchev–Trinajstić information content (AvgIpc) is 2.26. The molecule has 1 aliphatic heterocycles. The maximum absolute atomic E-state index is 12.2. The van der Waals surface area contributed by atoms with E-state index in [1.807, 2.05) is 0 Å². The van der Waals surface area contributed by atoms with Gasteiger partial charge in [-0.25, -0.2) is 0 Å². The average molecular weight is 311 g/mol. The molecule has 0 spiro atoms. The van der Waals surface area contributed by atoms with Gasteiger partial charge in [0.1, 0.15) is 0 Å².